The Balaban J connectivity index is 1.41. The van der Waals surface area contributed by atoms with Crippen molar-refractivity contribution < 1.29 is 9.18 Å². The number of hydrogen-bond acceptors (Lipinski definition) is 6. The molecular weight excluding hydrogens is 477 g/mol. The van der Waals surface area contributed by atoms with Crippen molar-refractivity contribution in [2.45, 2.75) is 13.8 Å². The molecule has 6 aromatic rings. The number of anilines is 1. The van der Waals surface area contributed by atoms with Gasteiger partial charge < -0.3 is 10.3 Å². The van der Waals surface area contributed by atoms with E-state index >= 15 is 0 Å². The number of rotatable bonds is 5. The van der Waals surface area contributed by atoms with Gasteiger partial charge in [-0.1, -0.05) is 13.8 Å². The van der Waals surface area contributed by atoms with Gasteiger partial charge in [-0.3, -0.25) is 14.9 Å². The number of H-pyrrole nitrogens is 2. The second kappa shape index (κ2) is 8.65. The molecule has 0 aliphatic heterocycles. The monoisotopic (exact) mass is 497 g/mol. The van der Waals surface area contributed by atoms with Crippen LogP contribution in [0, 0.1) is 11.0 Å². The van der Waals surface area contributed by atoms with Crippen LogP contribution in [0.25, 0.3) is 55.0 Å². The summed E-state index contributed by atoms with van der Waals surface area (Å²) >= 11 is 1.10. The maximum atomic E-state index is 13.7. The SMILES string of the molecule is CC(C)C(=O)Nc1cncc(-c2cnc3n[nH]c(-c4cc5c(-c6ccc(F)s6)ccnc5[nH]4)c3c2)c1. The van der Waals surface area contributed by atoms with Crippen molar-refractivity contribution in [2.75, 3.05) is 5.32 Å². The fourth-order valence-electron chi connectivity index (χ4n) is 4.05. The van der Waals surface area contributed by atoms with Gasteiger partial charge in [0.1, 0.15) is 5.65 Å². The van der Waals surface area contributed by atoms with Crippen molar-refractivity contribution in [1.82, 2.24) is 30.1 Å². The van der Waals surface area contributed by atoms with Crippen LogP contribution in [0.2, 0.25) is 0 Å². The Morgan fingerprint density at radius 2 is 1.89 bits per heavy atom. The van der Waals surface area contributed by atoms with E-state index < -0.39 is 0 Å². The van der Waals surface area contributed by atoms with Gasteiger partial charge in [-0.15, -0.1) is 11.3 Å². The summed E-state index contributed by atoms with van der Waals surface area (Å²) in [6.45, 7) is 3.68. The molecule has 0 spiro atoms. The van der Waals surface area contributed by atoms with Crippen LogP contribution >= 0.6 is 11.3 Å². The van der Waals surface area contributed by atoms with Gasteiger partial charge in [-0.05, 0) is 36.4 Å². The van der Waals surface area contributed by atoms with Crippen LogP contribution in [0.4, 0.5) is 10.1 Å². The van der Waals surface area contributed by atoms with Gasteiger partial charge >= 0.3 is 0 Å². The number of pyridine rings is 3. The van der Waals surface area contributed by atoms with E-state index in [1.807, 2.05) is 38.1 Å². The number of nitrogens with zero attached hydrogens (tertiary/aromatic N) is 4. The lowest BCUT2D eigenvalue weighted by molar-refractivity contribution is -0.118. The minimum Gasteiger partial charge on any atom is -0.338 e. The number of halogens is 1. The average molecular weight is 498 g/mol. The molecule has 1 amide bonds. The topological polar surface area (TPSA) is 112 Å². The Labute approximate surface area is 208 Å². The van der Waals surface area contributed by atoms with E-state index in [0.717, 1.165) is 55.1 Å². The van der Waals surface area contributed by atoms with E-state index in [1.165, 1.54) is 6.07 Å². The normalized spacial score (nSPS) is 11.6. The third-order valence-corrected chi connectivity index (χ3v) is 6.82. The van der Waals surface area contributed by atoms with Crippen molar-refractivity contribution in [2.24, 2.45) is 5.92 Å². The van der Waals surface area contributed by atoms with Crippen molar-refractivity contribution in [3.8, 4) is 33.0 Å². The first-order valence-corrected chi connectivity index (χ1v) is 12.1. The molecule has 6 rings (SSSR count). The maximum Gasteiger partial charge on any atom is 0.226 e. The predicted molar refractivity (Wildman–Crippen MR) is 139 cm³/mol. The summed E-state index contributed by atoms with van der Waals surface area (Å²) < 4.78 is 13.7. The number of aromatic nitrogens is 6. The summed E-state index contributed by atoms with van der Waals surface area (Å²) in [5.41, 5.74) is 6.00. The van der Waals surface area contributed by atoms with Crippen LogP contribution in [-0.2, 0) is 4.79 Å². The molecule has 0 fully saturated rings. The molecule has 0 aliphatic carbocycles. The van der Waals surface area contributed by atoms with Crippen molar-refractivity contribution in [1.29, 1.82) is 0 Å². The molecule has 8 nitrogen and oxygen atoms in total. The van der Waals surface area contributed by atoms with E-state index in [1.54, 1.807) is 30.9 Å². The number of nitrogens with one attached hydrogen (secondary N) is 3. The molecule has 0 saturated carbocycles. The number of thiophene rings is 1. The first kappa shape index (κ1) is 22.1. The summed E-state index contributed by atoms with van der Waals surface area (Å²) in [4.78, 5) is 29.5. The molecule has 0 radical (unpaired) electrons. The van der Waals surface area contributed by atoms with Crippen LogP contribution in [-0.4, -0.2) is 36.0 Å². The molecule has 0 saturated heterocycles. The molecule has 178 valence electrons. The minimum absolute atomic E-state index is 0.0725. The van der Waals surface area contributed by atoms with Gasteiger partial charge in [0.05, 0.1) is 23.3 Å². The maximum absolute atomic E-state index is 13.7. The van der Waals surface area contributed by atoms with Crippen molar-refractivity contribution >= 4 is 45.0 Å². The van der Waals surface area contributed by atoms with E-state index in [-0.39, 0.29) is 17.0 Å². The van der Waals surface area contributed by atoms with Gasteiger partial charge in [-0.25, -0.2) is 9.97 Å². The number of carbonyl (C=O) groups excluding carboxylic acids is 1. The highest BCUT2D eigenvalue weighted by molar-refractivity contribution is 7.14. The molecule has 0 bridgehead atoms. The van der Waals surface area contributed by atoms with E-state index in [9.17, 15) is 9.18 Å². The lowest BCUT2D eigenvalue weighted by Crippen LogP contribution is -2.17. The minimum atomic E-state index is -0.230. The second-order valence-electron chi connectivity index (χ2n) is 8.71. The van der Waals surface area contributed by atoms with Crippen LogP contribution < -0.4 is 5.32 Å². The summed E-state index contributed by atoms with van der Waals surface area (Å²) in [7, 11) is 0. The number of hydrogen-bond donors (Lipinski definition) is 3. The first-order chi connectivity index (χ1) is 17.5. The fourth-order valence-corrected chi connectivity index (χ4v) is 4.82. The summed E-state index contributed by atoms with van der Waals surface area (Å²) in [5, 5.41) is 11.8. The highest BCUT2D eigenvalue weighted by Crippen LogP contribution is 2.36. The van der Waals surface area contributed by atoms with Crippen LogP contribution in [0.15, 0.2) is 61.2 Å². The number of amides is 1. The van der Waals surface area contributed by atoms with E-state index in [4.69, 9.17) is 0 Å². The lowest BCUT2D eigenvalue weighted by atomic mass is 10.1. The zero-order valence-electron chi connectivity index (χ0n) is 19.3. The Bertz CT molecular complexity index is 1750. The van der Waals surface area contributed by atoms with Gasteiger partial charge in [0.15, 0.2) is 10.8 Å². The highest BCUT2D eigenvalue weighted by Gasteiger charge is 2.16. The van der Waals surface area contributed by atoms with Gasteiger partial charge in [0.2, 0.25) is 5.91 Å². The first-order valence-electron chi connectivity index (χ1n) is 11.3. The van der Waals surface area contributed by atoms with Crippen LogP contribution in [0.5, 0.6) is 0 Å². The van der Waals surface area contributed by atoms with Crippen LogP contribution in [0.1, 0.15) is 13.8 Å². The third kappa shape index (κ3) is 3.91. The highest BCUT2D eigenvalue weighted by atomic mass is 32.1. The number of carbonyl (C=O) groups is 1. The van der Waals surface area contributed by atoms with E-state index in [2.05, 4.69) is 35.5 Å². The average Bonchev–Trinajstić information content (AvgIpc) is 3.61. The largest absolute Gasteiger partial charge is 0.338 e. The summed E-state index contributed by atoms with van der Waals surface area (Å²) in [6, 6.07) is 11.0. The predicted octanol–water partition coefficient (Wildman–Crippen LogP) is 6.03. The fraction of sp³-hybridized carbons (Fsp3) is 0.115. The molecule has 0 aliphatic rings. The smallest absolute Gasteiger partial charge is 0.226 e. The summed E-state index contributed by atoms with van der Waals surface area (Å²) in [5.74, 6) is -0.206. The van der Waals surface area contributed by atoms with Gasteiger partial charge in [0, 0.05) is 56.8 Å². The number of fused-ring (bicyclic) bond motifs is 2. The van der Waals surface area contributed by atoms with Crippen molar-refractivity contribution in [3.05, 3.63) is 66.3 Å². The molecule has 36 heavy (non-hydrogen) atoms. The molecule has 0 unspecified atom stereocenters. The molecule has 6 aromatic heterocycles. The Hall–Kier alpha value is -4.44. The molecule has 0 atom stereocenters. The Morgan fingerprint density at radius 1 is 1.03 bits per heavy atom. The van der Waals surface area contributed by atoms with E-state index in [0.29, 0.717) is 17.0 Å². The summed E-state index contributed by atoms with van der Waals surface area (Å²) in [6.07, 6.45) is 6.78. The molecule has 10 heteroatoms. The quantitative estimate of drug-likeness (QED) is 0.269. The zero-order chi connectivity index (χ0) is 24.8. The van der Waals surface area contributed by atoms with Gasteiger partial charge in [-0.2, -0.15) is 9.49 Å². The Morgan fingerprint density at radius 3 is 2.69 bits per heavy atom. The van der Waals surface area contributed by atoms with Crippen molar-refractivity contribution in [3.63, 3.8) is 0 Å². The molecule has 6 heterocycles. The van der Waals surface area contributed by atoms with Gasteiger partial charge in [0.25, 0.3) is 0 Å². The second-order valence-corrected chi connectivity index (χ2v) is 9.74. The Kier molecular flexibility index (Phi) is 5.30. The zero-order valence-corrected chi connectivity index (χ0v) is 20.2. The lowest BCUT2D eigenvalue weighted by Gasteiger charge is -2.09. The molecule has 3 N–H and O–H groups in total. The molecule has 0 aromatic carbocycles. The third-order valence-electron chi connectivity index (χ3n) is 5.91. The number of aromatic amines is 2. The van der Waals surface area contributed by atoms with Crippen LogP contribution in [0.3, 0.4) is 0 Å². The standard InChI is InChI=1S/C26H20FN7OS/c1-13(2)26(35)31-16-7-14(10-28-12-16)15-8-19-23(33-34-25(19)30-11-15)20-9-18-17(5-6-29-24(18)32-20)21-3-4-22(27)36-21/h3-13H,1-2H3,(H,29,32)(H,31,35)(H,30,33,34). The molecular formula is C26H20FN7OS.